The van der Waals surface area contributed by atoms with Gasteiger partial charge in [-0.2, -0.15) is 11.8 Å². The number of carbonyl (C=O) groups is 2. The molecule has 2 aliphatic carbocycles. The molecule has 3 aliphatic rings. The Labute approximate surface area is 193 Å². The van der Waals surface area contributed by atoms with Crippen molar-refractivity contribution >= 4 is 35.3 Å². The van der Waals surface area contributed by atoms with Gasteiger partial charge in [-0.15, -0.1) is 11.8 Å². The average Bonchev–Trinajstić information content (AvgIpc) is 3.56. The van der Waals surface area contributed by atoms with Crippen molar-refractivity contribution in [1.82, 2.24) is 16.0 Å². The predicted molar refractivity (Wildman–Crippen MR) is 127 cm³/mol. The van der Waals surface area contributed by atoms with E-state index in [0.717, 1.165) is 46.4 Å². The van der Waals surface area contributed by atoms with Crippen molar-refractivity contribution in [3.8, 4) is 5.75 Å². The van der Waals surface area contributed by atoms with E-state index in [0.29, 0.717) is 12.3 Å². The van der Waals surface area contributed by atoms with E-state index in [1.54, 1.807) is 18.9 Å². The minimum atomic E-state index is -0.512. The number of methoxy groups -OCH3 is 1. The molecule has 2 bridgehead atoms. The maximum absolute atomic E-state index is 13.0. The van der Waals surface area contributed by atoms with Crippen LogP contribution in [0.5, 0.6) is 5.75 Å². The van der Waals surface area contributed by atoms with Crippen LogP contribution in [0, 0.1) is 17.8 Å². The number of benzene rings is 1. The van der Waals surface area contributed by atoms with Crippen molar-refractivity contribution in [2.45, 2.75) is 44.3 Å². The van der Waals surface area contributed by atoms with E-state index in [9.17, 15) is 9.59 Å². The maximum Gasteiger partial charge on any atom is 0.243 e. The van der Waals surface area contributed by atoms with Gasteiger partial charge in [0.1, 0.15) is 11.8 Å². The minimum absolute atomic E-state index is 0.0740. The number of fused-ring (bicyclic) bond motifs is 2. The monoisotopic (exact) mass is 463 g/mol. The number of amides is 2. The van der Waals surface area contributed by atoms with E-state index in [-0.39, 0.29) is 17.9 Å². The van der Waals surface area contributed by atoms with Crippen molar-refractivity contribution in [2.75, 3.05) is 30.2 Å². The molecule has 170 valence electrons. The molecule has 1 aromatic carbocycles. The van der Waals surface area contributed by atoms with Crippen molar-refractivity contribution < 1.29 is 14.3 Å². The highest BCUT2D eigenvalue weighted by Gasteiger charge is 2.39. The van der Waals surface area contributed by atoms with Crippen LogP contribution in [0.15, 0.2) is 24.3 Å². The molecule has 2 saturated carbocycles. The summed E-state index contributed by atoms with van der Waals surface area (Å²) in [6, 6.07) is 6.93. The second-order valence-corrected chi connectivity index (χ2v) is 11.0. The van der Waals surface area contributed by atoms with Gasteiger partial charge in [-0.3, -0.25) is 14.9 Å². The van der Waals surface area contributed by atoms with Gasteiger partial charge in [0.15, 0.2) is 0 Å². The molecule has 8 heteroatoms. The molecule has 2 amide bonds. The van der Waals surface area contributed by atoms with Crippen molar-refractivity contribution in [3.05, 3.63) is 29.8 Å². The highest BCUT2D eigenvalue weighted by atomic mass is 32.2. The molecule has 1 aliphatic heterocycles. The fourth-order valence-electron chi connectivity index (χ4n) is 4.99. The Hall–Kier alpha value is -1.38. The molecule has 3 fully saturated rings. The molecule has 0 aromatic heterocycles. The molecule has 1 saturated heterocycles. The van der Waals surface area contributed by atoms with Crippen LogP contribution in [-0.4, -0.2) is 54.1 Å². The number of nitrogens with one attached hydrogen (secondary N) is 3. The molecule has 0 spiro atoms. The zero-order chi connectivity index (χ0) is 21.6. The lowest BCUT2D eigenvalue weighted by atomic mass is 9.90. The summed E-state index contributed by atoms with van der Waals surface area (Å²) in [4.78, 5) is 25.6. The SMILES string of the molecule is COc1ccc(CNC(=O)[C@H](CSC[C@@H]2C[C@H]3CC[C@H]2C3)NC(=O)[C@@H]2CSCN2)cc1. The lowest BCUT2D eigenvalue weighted by Gasteiger charge is -2.23. The largest absolute Gasteiger partial charge is 0.497 e. The smallest absolute Gasteiger partial charge is 0.243 e. The van der Waals surface area contributed by atoms with Crippen molar-refractivity contribution in [1.29, 1.82) is 0 Å². The van der Waals surface area contributed by atoms with Crippen LogP contribution in [0.4, 0.5) is 0 Å². The third kappa shape index (κ3) is 6.11. The van der Waals surface area contributed by atoms with E-state index >= 15 is 0 Å². The van der Waals surface area contributed by atoms with Crippen LogP contribution < -0.4 is 20.7 Å². The van der Waals surface area contributed by atoms with Crippen LogP contribution >= 0.6 is 23.5 Å². The van der Waals surface area contributed by atoms with Crippen molar-refractivity contribution in [2.24, 2.45) is 17.8 Å². The Morgan fingerprint density at radius 3 is 2.74 bits per heavy atom. The van der Waals surface area contributed by atoms with Gasteiger partial charge in [-0.1, -0.05) is 18.6 Å². The van der Waals surface area contributed by atoms with Crippen LogP contribution in [0.25, 0.3) is 0 Å². The molecule has 1 aromatic rings. The Kier molecular flexibility index (Phi) is 8.07. The average molecular weight is 464 g/mol. The Balaban J connectivity index is 1.29. The fourth-order valence-corrected chi connectivity index (χ4v) is 7.25. The summed E-state index contributed by atoms with van der Waals surface area (Å²) in [5, 5.41) is 9.20. The zero-order valence-corrected chi connectivity index (χ0v) is 19.7. The molecule has 5 atom stereocenters. The molecule has 4 rings (SSSR count). The highest BCUT2D eigenvalue weighted by molar-refractivity contribution is 7.99. The minimum Gasteiger partial charge on any atom is -0.497 e. The number of thioether (sulfide) groups is 2. The molecule has 3 N–H and O–H groups in total. The Morgan fingerprint density at radius 1 is 1.26 bits per heavy atom. The summed E-state index contributed by atoms with van der Waals surface area (Å²) in [5.41, 5.74) is 1.00. The van der Waals surface area contributed by atoms with Gasteiger partial charge in [0.05, 0.1) is 13.2 Å². The van der Waals surface area contributed by atoms with Crippen LogP contribution in [0.1, 0.15) is 31.2 Å². The van der Waals surface area contributed by atoms with E-state index in [4.69, 9.17) is 4.74 Å². The third-order valence-corrected chi connectivity index (χ3v) is 8.97. The van der Waals surface area contributed by atoms with E-state index < -0.39 is 6.04 Å². The van der Waals surface area contributed by atoms with Gasteiger partial charge in [-0.25, -0.2) is 0 Å². The number of hydrogen-bond acceptors (Lipinski definition) is 6. The first-order valence-electron chi connectivity index (χ1n) is 11.2. The number of carbonyl (C=O) groups excluding carboxylic acids is 2. The Bertz CT molecular complexity index is 755. The van der Waals surface area contributed by atoms with E-state index in [2.05, 4.69) is 16.0 Å². The van der Waals surface area contributed by atoms with Gasteiger partial charge in [0, 0.05) is 23.9 Å². The first-order chi connectivity index (χ1) is 15.1. The summed E-state index contributed by atoms with van der Waals surface area (Å²) >= 11 is 3.53. The normalized spacial score (nSPS) is 27.8. The van der Waals surface area contributed by atoms with Gasteiger partial charge in [-0.05, 0) is 60.5 Å². The topological polar surface area (TPSA) is 79.5 Å². The second kappa shape index (κ2) is 11.0. The number of hydrogen-bond donors (Lipinski definition) is 3. The third-order valence-electron chi connectivity index (χ3n) is 6.79. The second-order valence-electron chi connectivity index (χ2n) is 8.87. The Morgan fingerprint density at radius 2 is 2.10 bits per heavy atom. The molecular weight excluding hydrogens is 430 g/mol. The van der Waals surface area contributed by atoms with E-state index in [1.807, 2.05) is 36.0 Å². The van der Waals surface area contributed by atoms with Crippen molar-refractivity contribution in [3.63, 3.8) is 0 Å². The van der Waals surface area contributed by atoms with Gasteiger partial charge < -0.3 is 15.4 Å². The number of rotatable bonds is 10. The standard InChI is InChI=1S/C23H33N3O3S2/c1-29-19-6-3-15(4-7-19)10-24-22(27)21(26-23(28)20-12-31-14-25-20)13-30-11-18-9-16-2-5-17(18)8-16/h3-4,6-7,16-18,20-21,25H,2,5,8-14H2,1H3,(H,24,27)(H,26,28)/t16-,17-,18-,20-,21-/m0/s1. The first-order valence-corrected chi connectivity index (χ1v) is 13.5. The summed E-state index contributed by atoms with van der Waals surface area (Å²) in [6.45, 7) is 0.434. The van der Waals surface area contributed by atoms with Crippen LogP contribution in [0.2, 0.25) is 0 Å². The maximum atomic E-state index is 13.0. The summed E-state index contributed by atoms with van der Waals surface area (Å²) in [6.07, 6.45) is 5.54. The van der Waals surface area contributed by atoms with Gasteiger partial charge in [0.2, 0.25) is 11.8 Å². The van der Waals surface area contributed by atoms with Gasteiger partial charge in [0.25, 0.3) is 0 Å². The summed E-state index contributed by atoms with van der Waals surface area (Å²) < 4.78 is 5.18. The van der Waals surface area contributed by atoms with Crippen LogP contribution in [-0.2, 0) is 16.1 Å². The number of ether oxygens (including phenoxy) is 1. The van der Waals surface area contributed by atoms with Crippen LogP contribution in [0.3, 0.4) is 0 Å². The van der Waals surface area contributed by atoms with Gasteiger partial charge >= 0.3 is 0 Å². The zero-order valence-electron chi connectivity index (χ0n) is 18.1. The molecule has 31 heavy (non-hydrogen) atoms. The molecule has 1 heterocycles. The quantitative estimate of drug-likeness (QED) is 0.495. The molecule has 0 unspecified atom stereocenters. The molecule has 0 radical (unpaired) electrons. The molecule has 6 nitrogen and oxygen atoms in total. The lowest BCUT2D eigenvalue weighted by molar-refractivity contribution is -0.129. The summed E-state index contributed by atoms with van der Waals surface area (Å²) in [7, 11) is 1.64. The lowest BCUT2D eigenvalue weighted by Crippen LogP contribution is -2.53. The predicted octanol–water partition coefficient (Wildman–Crippen LogP) is 2.63. The van der Waals surface area contributed by atoms with E-state index in [1.165, 1.54) is 25.7 Å². The molecular formula is C23H33N3O3S2. The fraction of sp³-hybridized carbons (Fsp3) is 0.652. The highest BCUT2D eigenvalue weighted by Crippen LogP contribution is 2.49. The first kappa shape index (κ1) is 22.8. The summed E-state index contributed by atoms with van der Waals surface area (Å²) in [5.74, 6) is 6.46.